The fourth-order valence-electron chi connectivity index (χ4n) is 5.61. The molecule has 0 aromatic heterocycles. The molecule has 0 radical (unpaired) electrons. The lowest BCUT2D eigenvalue weighted by molar-refractivity contribution is -0.870. The summed E-state index contributed by atoms with van der Waals surface area (Å²) in [4.78, 5) is 37.4. The van der Waals surface area contributed by atoms with Gasteiger partial charge in [0.25, 0.3) is 7.82 Å². The van der Waals surface area contributed by atoms with Gasteiger partial charge in [0, 0.05) is 12.8 Å². The second-order valence-electron chi connectivity index (χ2n) is 15.4. The van der Waals surface area contributed by atoms with Crippen molar-refractivity contribution in [2.75, 3.05) is 47.5 Å². The van der Waals surface area contributed by atoms with Crippen molar-refractivity contribution < 1.29 is 42.1 Å². The molecule has 306 valence electrons. The van der Waals surface area contributed by atoms with Gasteiger partial charge in [0.1, 0.15) is 19.8 Å². The molecule has 0 aliphatic heterocycles. The first-order valence-electron chi connectivity index (χ1n) is 21.0. The molecule has 0 spiro atoms. The van der Waals surface area contributed by atoms with Gasteiger partial charge in [0.2, 0.25) is 0 Å². The van der Waals surface area contributed by atoms with Gasteiger partial charge < -0.3 is 27.9 Å². The van der Waals surface area contributed by atoms with Gasteiger partial charge in [-0.05, 0) is 38.5 Å². The van der Waals surface area contributed by atoms with E-state index in [1.807, 2.05) is 21.1 Å². The fourth-order valence-corrected chi connectivity index (χ4v) is 6.34. The summed E-state index contributed by atoms with van der Waals surface area (Å²) in [5.74, 6) is -0.846. The van der Waals surface area contributed by atoms with Crippen LogP contribution in [-0.2, 0) is 32.7 Å². The highest BCUT2D eigenvalue weighted by atomic mass is 31.2. The molecule has 0 N–H and O–H groups in total. The van der Waals surface area contributed by atoms with Gasteiger partial charge in [-0.1, -0.05) is 154 Å². The zero-order valence-electron chi connectivity index (χ0n) is 34.3. The van der Waals surface area contributed by atoms with Crippen LogP contribution in [-0.4, -0.2) is 70.0 Å². The summed E-state index contributed by atoms with van der Waals surface area (Å²) in [5.41, 5.74) is 0. The van der Waals surface area contributed by atoms with Crippen LogP contribution in [0.5, 0.6) is 0 Å². The monoisotopic (exact) mass is 758 g/mol. The Labute approximate surface area is 319 Å². The third-order valence-corrected chi connectivity index (χ3v) is 9.94. The van der Waals surface area contributed by atoms with E-state index in [-0.39, 0.29) is 26.1 Å². The number of nitrogens with zero attached hydrogens (tertiary/aromatic N) is 1. The second-order valence-corrected chi connectivity index (χ2v) is 16.8. The number of hydrogen-bond donors (Lipinski definition) is 0. The summed E-state index contributed by atoms with van der Waals surface area (Å²) >= 11 is 0. The van der Waals surface area contributed by atoms with Crippen LogP contribution in [0.4, 0.5) is 0 Å². The first-order chi connectivity index (χ1) is 25.0. The van der Waals surface area contributed by atoms with Crippen LogP contribution in [0.15, 0.2) is 24.3 Å². The average molecular weight is 758 g/mol. The van der Waals surface area contributed by atoms with E-state index < -0.39 is 32.5 Å². The lowest BCUT2D eigenvalue weighted by atomic mass is 10.0. The summed E-state index contributed by atoms with van der Waals surface area (Å²) in [6, 6.07) is 0. The van der Waals surface area contributed by atoms with E-state index in [0.29, 0.717) is 23.9 Å². The summed E-state index contributed by atoms with van der Waals surface area (Å²) in [6.45, 7) is 4.17. The Hall–Kier alpha value is -1.51. The molecule has 0 aromatic carbocycles. The minimum absolute atomic E-state index is 0.0314. The van der Waals surface area contributed by atoms with Crippen LogP contribution in [0.1, 0.15) is 181 Å². The largest absolute Gasteiger partial charge is 0.756 e. The summed E-state index contributed by atoms with van der Waals surface area (Å²) in [5, 5.41) is 0. The van der Waals surface area contributed by atoms with Gasteiger partial charge in [-0.2, -0.15) is 0 Å². The Morgan fingerprint density at radius 1 is 0.596 bits per heavy atom. The molecule has 2 atom stereocenters. The highest BCUT2D eigenvalue weighted by Crippen LogP contribution is 2.38. The first-order valence-corrected chi connectivity index (χ1v) is 22.5. The molecule has 52 heavy (non-hydrogen) atoms. The van der Waals surface area contributed by atoms with Crippen LogP contribution in [0.25, 0.3) is 0 Å². The molecular weight excluding hydrogens is 677 g/mol. The quantitative estimate of drug-likeness (QED) is 0.0201. The molecule has 0 amide bonds. The number of quaternary nitrogens is 1. The highest BCUT2D eigenvalue weighted by Gasteiger charge is 2.21. The standard InChI is InChI=1S/C42H80NO8P/c1-6-8-10-12-14-16-18-20-22-24-26-28-30-32-34-41(44)48-38-40(39-50-52(46,47)49-37-36-43(3,4)5)51-42(45)35-33-31-29-27-25-23-21-19-17-15-13-11-9-7-2/h12,14,18,20,40H,6-11,13,15-17,19,21-39H2,1-5H3/b14-12+,20-18+/t40-/m1/s1. The molecule has 10 heteroatoms. The Balaban J connectivity index is 4.40. The molecule has 0 aliphatic carbocycles. The van der Waals surface area contributed by atoms with Crippen molar-refractivity contribution in [3.63, 3.8) is 0 Å². The number of unbranched alkanes of at least 4 members (excludes halogenated alkanes) is 20. The Morgan fingerprint density at radius 3 is 1.58 bits per heavy atom. The third-order valence-electron chi connectivity index (χ3n) is 8.97. The number of phosphoric acid groups is 1. The molecule has 0 rings (SSSR count). The number of esters is 2. The number of carbonyl (C=O) groups excluding carboxylic acids is 2. The smallest absolute Gasteiger partial charge is 0.306 e. The number of rotatable bonds is 38. The van der Waals surface area contributed by atoms with Gasteiger partial charge in [0.15, 0.2) is 6.10 Å². The topological polar surface area (TPSA) is 111 Å². The summed E-state index contributed by atoms with van der Waals surface area (Å²) in [6.07, 6.45) is 36.2. The molecule has 0 saturated heterocycles. The lowest BCUT2D eigenvalue weighted by Gasteiger charge is -2.28. The predicted molar refractivity (Wildman–Crippen MR) is 213 cm³/mol. The van der Waals surface area contributed by atoms with Crippen LogP contribution in [0, 0.1) is 0 Å². The van der Waals surface area contributed by atoms with Crippen LogP contribution < -0.4 is 4.89 Å². The zero-order chi connectivity index (χ0) is 38.6. The number of allylic oxidation sites excluding steroid dienone is 4. The summed E-state index contributed by atoms with van der Waals surface area (Å²) in [7, 11) is 1.16. The van der Waals surface area contributed by atoms with Crippen LogP contribution in [0.3, 0.4) is 0 Å². The maximum atomic E-state index is 12.6. The van der Waals surface area contributed by atoms with E-state index >= 15 is 0 Å². The Morgan fingerprint density at radius 2 is 1.06 bits per heavy atom. The van der Waals surface area contributed by atoms with Crippen molar-refractivity contribution in [2.45, 2.75) is 187 Å². The van der Waals surface area contributed by atoms with Crippen molar-refractivity contribution in [1.29, 1.82) is 0 Å². The van der Waals surface area contributed by atoms with Gasteiger partial charge in [-0.3, -0.25) is 14.2 Å². The molecule has 0 aliphatic rings. The third kappa shape index (κ3) is 38.2. The molecule has 0 aromatic rings. The molecule has 0 fully saturated rings. The van der Waals surface area contributed by atoms with E-state index in [1.165, 1.54) is 83.5 Å². The first kappa shape index (κ1) is 50.5. The SMILES string of the molecule is CCCC/C=C/C/C=C/CCCCCCCC(=O)OC[C@H](COP(=O)([O-])OCC[N+](C)(C)C)OC(=O)CCCCCCCCCCCCCCCC. The lowest BCUT2D eigenvalue weighted by Crippen LogP contribution is -2.37. The highest BCUT2D eigenvalue weighted by molar-refractivity contribution is 7.45. The van der Waals surface area contributed by atoms with E-state index in [1.54, 1.807) is 0 Å². The Kier molecular flexibility index (Phi) is 34.2. The van der Waals surface area contributed by atoms with Crippen molar-refractivity contribution in [3.8, 4) is 0 Å². The minimum atomic E-state index is -4.62. The van der Waals surface area contributed by atoms with Crippen LogP contribution in [0.2, 0.25) is 0 Å². The van der Waals surface area contributed by atoms with Gasteiger partial charge in [-0.15, -0.1) is 0 Å². The number of likely N-dealkylation sites (N-methyl/N-ethyl adjacent to an activating group) is 1. The fraction of sp³-hybridized carbons (Fsp3) is 0.857. The zero-order valence-corrected chi connectivity index (χ0v) is 35.2. The normalized spacial score (nSPS) is 13.9. The number of ether oxygens (including phenoxy) is 2. The van der Waals surface area contributed by atoms with E-state index in [2.05, 4.69) is 38.2 Å². The molecule has 1 unspecified atom stereocenters. The average Bonchev–Trinajstić information content (AvgIpc) is 3.09. The van der Waals surface area contributed by atoms with Crippen LogP contribution >= 0.6 is 7.82 Å². The molecule has 0 saturated carbocycles. The van der Waals surface area contributed by atoms with Gasteiger partial charge in [0.05, 0.1) is 27.7 Å². The van der Waals surface area contributed by atoms with E-state index in [9.17, 15) is 19.0 Å². The van der Waals surface area contributed by atoms with Crippen molar-refractivity contribution in [3.05, 3.63) is 24.3 Å². The van der Waals surface area contributed by atoms with E-state index in [4.69, 9.17) is 18.5 Å². The van der Waals surface area contributed by atoms with Gasteiger partial charge >= 0.3 is 11.9 Å². The summed E-state index contributed by atoms with van der Waals surface area (Å²) < 4.78 is 33.8. The second kappa shape index (κ2) is 35.2. The number of hydrogen-bond acceptors (Lipinski definition) is 8. The molecule has 9 nitrogen and oxygen atoms in total. The molecular formula is C42H80NO8P. The molecule has 0 bridgehead atoms. The van der Waals surface area contributed by atoms with Crippen molar-refractivity contribution in [2.24, 2.45) is 0 Å². The minimum Gasteiger partial charge on any atom is -0.756 e. The predicted octanol–water partition coefficient (Wildman–Crippen LogP) is 10.9. The maximum absolute atomic E-state index is 12.6. The van der Waals surface area contributed by atoms with Gasteiger partial charge in [-0.25, -0.2) is 0 Å². The maximum Gasteiger partial charge on any atom is 0.306 e. The van der Waals surface area contributed by atoms with E-state index in [0.717, 1.165) is 57.8 Å². The number of carbonyl (C=O) groups is 2. The number of phosphoric ester groups is 1. The van der Waals surface area contributed by atoms with Crippen molar-refractivity contribution >= 4 is 19.8 Å². The molecule has 0 heterocycles. The Bertz CT molecular complexity index is 949. The van der Waals surface area contributed by atoms with Crippen molar-refractivity contribution in [1.82, 2.24) is 0 Å².